The van der Waals surface area contributed by atoms with Crippen LogP contribution in [0.5, 0.6) is 0 Å². The van der Waals surface area contributed by atoms with Crippen molar-refractivity contribution in [2.75, 3.05) is 0 Å². The molecule has 0 amide bonds. The summed E-state index contributed by atoms with van der Waals surface area (Å²) in [5.74, 6) is 0. The van der Waals surface area contributed by atoms with Crippen LogP contribution < -0.4 is 15.9 Å². The van der Waals surface area contributed by atoms with Gasteiger partial charge in [-0.1, -0.05) is 0 Å². The van der Waals surface area contributed by atoms with Gasteiger partial charge in [0.25, 0.3) is 0 Å². The van der Waals surface area contributed by atoms with Gasteiger partial charge in [0.2, 0.25) is 0 Å². The molecule has 0 heterocycles. The van der Waals surface area contributed by atoms with Crippen LogP contribution >= 0.6 is 15.0 Å². The van der Waals surface area contributed by atoms with Gasteiger partial charge in [0, 0.05) is 0 Å². The Kier molecular flexibility index (Phi) is 4.89. The van der Waals surface area contributed by atoms with Gasteiger partial charge < -0.3 is 0 Å². The molecule has 0 aromatic heterocycles. The third kappa shape index (κ3) is 2.85. The number of rotatable bonds is 4. The van der Waals surface area contributed by atoms with Gasteiger partial charge in [0.1, 0.15) is 0 Å². The van der Waals surface area contributed by atoms with Gasteiger partial charge in [-0.25, -0.2) is 0 Å². The molecule has 0 unspecified atom stereocenters. The van der Waals surface area contributed by atoms with Crippen LogP contribution in [-0.4, -0.2) is 0 Å². The number of halogens is 1. The maximum atomic E-state index is 6.64. The molecule has 3 aromatic rings. The molecule has 0 radical (unpaired) electrons. The van der Waals surface area contributed by atoms with Gasteiger partial charge in [-0.15, -0.1) is 0 Å². The van der Waals surface area contributed by atoms with Gasteiger partial charge in [-0.05, 0) is 0 Å². The summed E-state index contributed by atoms with van der Waals surface area (Å²) in [5.41, 5.74) is -2.08. The van der Waals surface area contributed by atoms with Gasteiger partial charge in [-0.3, -0.25) is 0 Å². The summed E-state index contributed by atoms with van der Waals surface area (Å²) in [4.78, 5) is 0. The topological polar surface area (TPSA) is 0 Å². The molecule has 0 aliphatic rings. The zero-order valence-corrected chi connectivity index (χ0v) is 14.7. The Morgan fingerprint density at radius 2 is 0.810 bits per heavy atom. The molecule has 0 nitrogen and oxygen atoms in total. The van der Waals surface area contributed by atoms with Crippen LogP contribution in [0, 0.1) is 0 Å². The first kappa shape index (κ1) is 15.0. The number of benzene rings is 3. The predicted molar refractivity (Wildman–Crippen MR) is 92.4 cm³/mol. The Hall–Kier alpha value is -0.958. The SMILES string of the molecule is [Cl][Pd][PH](c1ccccc1)(c1ccccc1)c1ccccc1. The Morgan fingerprint density at radius 3 is 1.05 bits per heavy atom. The molecule has 0 bridgehead atoms. The van der Waals surface area contributed by atoms with Gasteiger partial charge >= 0.3 is 138 Å². The summed E-state index contributed by atoms with van der Waals surface area (Å²) < 4.78 is 0. The molecule has 0 aliphatic carbocycles. The van der Waals surface area contributed by atoms with E-state index in [0.717, 1.165) is 0 Å². The molecular weight excluding hydrogens is 389 g/mol. The zero-order chi connectivity index (χ0) is 14.5. The summed E-state index contributed by atoms with van der Waals surface area (Å²) in [6.07, 6.45) is 0. The molecule has 21 heavy (non-hydrogen) atoms. The van der Waals surface area contributed by atoms with Crippen molar-refractivity contribution < 1.29 is 16.5 Å². The van der Waals surface area contributed by atoms with Crippen LogP contribution in [-0.2, 0) is 16.5 Å². The molecule has 3 heteroatoms. The minimum absolute atomic E-state index is 0.138. The van der Waals surface area contributed by atoms with Gasteiger partial charge in [0.15, 0.2) is 0 Å². The summed E-state index contributed by atoms with van der Waals surface area (Å²) in [6.45, 7) is 0. The molecule has 0 aliphatic heterocycles. The van der Waals surface area contributed by atoms with E-state index in [0.29, 0.717) is 0 Å². The van der Waals surface area contributed by atoms with Crippen LogP contribution in [0.1, 0.15) is 0 Å². The molecule has 110 valence electrons. The average Bonchev–Trinajstić information content (AvgIpc) is 2.59. The van der Waals surface area contributed by atoms with Crippen LogP contribution in [0.2, 0.25) is 0 Å². The van der Waals surface area contributed by atoms with Crippen molar-refractivity contribution in [3.05, 3.63) is 91.0 Å². The molecule has 3 rings (SSSR count). The minimum atomic E-state index is -2.08. The predicted octanol–water partition coefficient (Wildman–Crippen LogP) is 3.86. The van der Waals surface area contributed by atoms with E-state index in [1.54, 1.807) is 0 Å². The van der Waals surface area contributed by atoms with Crippen molar-refractivity contribution in [3.8, 4) is 0 Å². The second-order valence-electron chi connectivity index (χ2n) is 4.77. The first-order valence-electron chi connectivity index (χ1n) is 6.76. The molecule has 0 saturated carbocycles. The molecule has 0 atom stereocenters. The van der Waals surface area contributed by atoms with Crippen LogP contribution in [0.15, 0.2) is 91.0 Å². The Balaban J connectivity index is 2.29. The van der Waals surface area contributed by atoms with Crippen molar-refractivity contribution in [1.82, 2.24) is 0 Å². The molecule has 0 fully saturated rings. The second kappa shape index (κ2) is 6.87. The van der Waals surface area contributed by atoms with Crippen molar-refractivity contribution >= 4 is 30.9 Å². The van der Waals surface area contributed by atoms with E-state index in [-0.39, 0.29) is 16.5 Å². The van der Waals surface area contributed by atoms with E-state index < -0.39 is 5.45 Å². The summed E-state index contributed by atoms with van der Waals surface area (Å²) >= 11 is 0.138. The van der Waals surface area contributed by atoms with Crippen LogP contribution in [0.25, 0.3) is 0 Å². The maximum absolute atomic E-state index is 6.64. The van der Waals surface area contributed by atoms with Crippen LogP contribution in [0.4, 0.5) is 0 Å². The van der Waals surface area contributed by atoms with E-state index in [2.05, 4.69) is 91.0 Å². The van der Waals surface area contributed by atoms with E-state index >= 15 is 0 Å². The second-order valence-corrected chi connectivity index (χ2v) is 14.3. The van der Waals surface area contributed by atoms with Gasteiger partial charge in [-0.2, -0.15) is 0 Å². The van der Waals surface area contributed by atoms with E-state index in [1.165, 1.54) is 15.9 Å². The number of hydrogen-bond donors (Lipinski definition) is 0. The molecule has 3 aromatic carbocycles. The molecular formula is C18H16ClPPd. The van der Waals surface area contributed by atoms with Crippen molar-refractivity contribution in [1.29, 1.82) is 0 Å². The van der Waals surface area contributed by atoms with E-state index in [9.17, 15) is 0 Å². The van der Waals surface area contributed by atoms with E-state index in [1.807, 2.05) is 0 Å². The molecule has 0 saturated heterocycles. The summed E-state index contributed by atoms with van der Waals surface area (Å²) in [7, 11) is 6.64. The first-order chi connectivity index (χ1) is 10.4. The Bertz CT molecular complexity index is 590. The molecule has 0 N–H and O–H groups in total. The normalized spacial score (nSPS) is 12.2. The van der Waals surface area contributed by atoms with Crippen molar-refractivity contribution in [2.45, 2.75) is 0 Å². The van der Waals surface area contributed by atoms with Crippen LogP contribution in [0.3, 0.4) is 0 Å². The third-order valence-corrected chi connectivity index (χ3v) is 15.6. The quantitative estimate of drug-likeness (QED) is 0.457. The fourth-order valence-electron chi connectivity index (χ4n) is 2.58. The number of hydrogen-bond acceptors (Lipinski definition) is 0. The third-order valence-electron chi connectivity index (χ3n) is 3.55. The van der Waals surface area contributed by atoms with Crippen molar-refractivity contribution in [3.63, 3.8) is 0 Å². The first-order valence-corrected chi connectivity index (χ1v) is 12.9. The fourth-order valence-corrected chi connectivity index (χ4v) is 13.2. The fraction of sp³-hybridized carbons (Fsp3) is 0. The monoisotopic (exact) mass is 404 g/mol. The zero-order valence-electron chi connectivity index (χ0n) is 11.4. The molecule has 0 spiro atoms. The Morgan fingerprint density at radius 1 is 0.524 bits per heavy atom. The van der Waals surface area contributed by atoms with E-state index in [4.69, 9.17) is 9.53 Å². The summed E-state index contributed by atoms with van der Waals surface area (Å²) in [5, 5.41) is 4.14. The van der Waals surface area contributed by atoms with Gasteiger partial charge in [0.05, 0.1) is 0 Å². The average molecular weight is 405 g/mol. The summed E-state index contributed by atoms with van der Waals surface area (Å²) in [6, 6.07) is 32.3. The standard InChI is InChI=1S/C18H15P.ClH.Pd/c1-4-10-16(11-5-1)19(17-12-6-2-7-13-17)18-14-8-3-9-15-18;;/h1-15H;1H;. The Labute approximate surface area is 138 Å². The van der Waals surface area contributed by atoms with Crippen molar-refractivity contribution in [2.24, 2.45) is 0 Å².